The molecule has 0 atom stereocenters. The zero-order valence-electron chi connectivity index (χ0n) is 9.58. The van der Waals surface area contributed by atoms with Crippen LogP contribution in [0, 0.1) is 0 Å². The fraction of sp³-hybridized carbons (Fsp3) is 0. The highest BCUT2D eigenvalue weighted by molar-refractivity contribution is 5.93. The molecule has 0 aliphatic rings. The van der Waals surface area contributed by atoms with Gasteiger partial charge in [0.15, 0.2) is 0 Å². The van der Waals surface area contributed by atoms with Gasteiger partial charge >= 0.3 is 0 Å². The van der Waals surface area contributed by atoms with Crippen molar-refractivity contribution in [2.45, 2.75) is 0 Å². The molecule has 0 aliphatic carbocycles. The van der Waals surface area contributed by atoms with Crippen LogP contribution < -0.4 is 10.5 Å². The minimum Gasteiger partial charge on any atom is -0.457 e. The smallest absolute Gasteiger partial charge is 0.136 e. The number of hydrogen-bond donors (Lipinski definition) is 1. The van der Waals surface area contributed by atoms with Gasteiger partial charge in [-0.2, -0.15) is 0 Å². The van der Waals surface area contributed by atoms with Crippen LogP contribution in [0.2, 0.25) is 0 Å². The van der Waals surface area contributed by atoms with Crippen molar-refractivity contribution in [1.29, 1.82) is 0 Å². The average Bonchev–Trinajstić information content (AvgIpc) is 2.44. The summed E-state index contributed by atoms with van der Waals surface area (Å²) in [7, 11) is 0. The van der Waals surface area contributed by atoms with E-state index in [0.717, 1.165) is 22.4 Å². The van der Waals surface area contributed by atoms with Gasteiger partial charge in [-0.3, -0.25) is 9.97 Å². The number of hydrogen-bond acceptors (Lipinski definition) is 4. The molecule has 1 aromatic carbocycles. The average molecular weight is 237 g/mol. The van der Waals surface area contributed by atoms with Crippen molar-refractivity contribution >= 4 is 16.6 Å². The lowest BCUT2D eigenvalue weighted by Crippen LogP contribution is -1.92. The fourth-order valence-corrected chi connectivity index (χ4v) is 1.79. The molecule has 4 nitrogen and oxygen atoms in total. The van der Waals surface area contributed by atoms with E-state index in [-0.39, 0.29) is 0 Å². The summed E-state index contributed by atoms with van der Waals surface area (Å²) in [6.07, 6.45) is 5.09. The van der Waals surface area contributed by atoms with Crippen LogP contribution in [0.15, 0.2) is 55.0 Å². The van der Waals surface area contributed by atoms with E-state index in [1.165, 1.54) is 0 Å². The molecule has 0 amide bonds. The Bertz CT molecular complexity index is 683. The van der Waals surface area contributed by atoms with Gasteiger partial charge in [0, 0.05) is 24.0 Å². The first-order valence-electron chi connectivity index (χ1n) is 5.56. The Morgan fingerprint density at radius 2 is 1.78 bits per heavy atom. The van der Waals surface area contributed by atoms with E-state index in [2.05, 4.69) is 9.97 Å². The first kappa shape index (κ1) is 10.5. The zero-order valence-corrected chi connectivity index (χ0v) is 9.58. The molecule has 88 valence electrons. The summed E-state index contributed by atoms with van der Waals surface area (Å²) in [6.45, 7) is 0. The molecule has 0 bridgehead atoms. The lowest BCUT2D eigenvalue weighted by molar-refractivity contribution is 0.487. The minimum atomic E-state index is 0.646. The van der Waals surface area contributed by atoms with Gasteiger partial charge in [0.05, 0.1) is 11.2 Å². The molecule has 3 rings (SSSR count). The number of anilines is 1. The second-order valence-corrected chi connectivity index (χ2v) is 3.84. The van der Waals surface area contributed by atoms with Crippen LogP contribution in [0.3, 0.4) is 0 Å². The highest BCUT2D eigenvalue weighted by Crippen LogP contribution is 2.31. The van der Waals surface area contributed by atoms with E-state index in [1.807, 2.05) is 18.2 Å². The molecular formula is C14H11N3O. The van der Waals surface area contributed by atoms with E-state index in [1.54, 1.807) is 36.8 Å². The van der Waals surface area contributed by atoms with Crippen molar-refractivity contribution in [3.63, 3.8) is 0 Å². The Morgan fingerprint density at radius 3 is 2.61 bits per heavy atom. The molecule has 0 saturated carbocycles. The van der Waals surface area contributed by atoms with Gasteiger partial charge in [-0.05, 0) is 36.4 Å². The van der Waals surface area contributed by atoms with Crippen LogP contribution in [0.25, 0.3) is 10.9 Å². The van der Waals surface area contributed by atoms with Gasteiger partial charge in [0.2, 0.25) is 0 Å². The second kappa shape index (κ2) is 4.33. The van der Waals surface area contributed by atoms with Crippen molar-refractivity contribution in [1.82, 2.24) is 9.97 Å². The van der Waals surface area contributed by atoms with Gasteiger partial charge in [-0.15, -0.1) is 0 Å². The number of nitrogens with zero attached hydrogens (tertiary/aromatic N) is 2. The summed E-state index contributed by atoms with van der Waals surface area (Å²) >= 11 is 0. The molecule has 2 aromatic heterocycles. The zero-order chi connectivity index (χ0) is 12.4. The maximum atomic E-state index is 5.89. The number of fused-ring (bicyclic) bond motifs is 1. The highest BCUT2D eigenvalue weighted by atomic mass is 16.5. The molecule has 0 fully saturated rings. The SMILES string of the molecule is Nc1ccc(Oc2ccncc2)c2cccnc12. The number of rotatable bonds is 2. The van der Waals surface area contributed by atoms with Gasteiger partial charge in [-0.1, -0.05) is 0 Å². The quantitative estimate of drug-likeness (QED) is 0.696. The third-order valence-corrected chi connectivity index (χ3v) is 2.64. The van der Waals surface area contributed by atoms with E-state index in [0.29, 0.717) is 5.69 Å². The highest BCUT2D eigenvalue weighted by Gasteiger charge is 2.06. The van der Waals surface area contributed by atoms with Crippen molar-refractivity contribution in [3.8, 4) is 11.5 Å². The summed E-state index contributed by atoms with van der Waals surface area (Å²) in [5.41, 5.74) is 7.29. The van der Waals surface area contributed by atoms with E-state index in [4.69, 9.17) is 10.5 Å². The van der Waals surface area contributed by atoms with Gasteiger partial charge in [0.25, 0.3) is 0 Å². The third-order valence-electron chi connectivity index (χ3n) is 2.64. The Kier molecular flexibility index (Phi) is 2.53. The third kappa shape index (κ3) is 1.84. The predicted octanol–water partition coefficient (Wildman–Crippen LogP) is 3.00. The molecule has 18 heavy (non-hydrogen) atoms. The van der Waals surface area contributed by atoms with E-state index < -0.39 is 0 Å². The Hall–Kier alpha value is -2.62. The van der Waals surface area contributed by atoms with Crippen LogP contribution in [0.5, 0.6) is 11.5 Å². The molecule has 2 heterocycles. The molecule has 2 N–H and O–H groups in total. The number of ether oxygens (including phenoxy) is 1. The molecule has 0 aliphatic heterocycles. The topological polar surface area (TPSA) is 61.0 Å². The maximum absolute atomic E-state index is 5.89. The van der Waals surface area contributed by atoms with Crippen LogP contribution >= 0.6 is 0 Å². The van der Waals surface area contributed by atoms with Crippen molar-refractivity contribution in [2.75, 3.05) is 5.73 Å². The Labute approximate surface area is 104 Å². The Morgan fingerprint density at radius 1 is 0.944 bits per heavy atom. The maximum Gasteiger partial charge on any atom is 0.136 e. The number of benzene rings is 1. The van der Waals surface area contributed by atoms with Gasteiger partial charge < -0.3 is 10.5 Å². The van der Waals surface area contributed by atoms with E-state index >= 15 is 0 Å². The molecule has 3 aromatic rings. The number of nitrogens with two attached hydrogens (primary N) is 1. The van der Waals surface area contributed by atoms with Crippen molar-refractivity contribution < 1.29 is 4.74 Å². The number of nitrogen functional groups attached to an aromatic ring is 1. The summed E-state index contributed by atoms with van der Waals surface area (Å²) in [6, 6.07) is 11.1. The Balaban J connectivity index is 2.10. The second-order valence-electron chi connectivity index (χ2n) is 3.84. The molecule has 0 radical (unpaired) electrons. The fourth-order valence-electron chi connectivity index (χ4n) is 1.79. The lowest BCUT2D eigenvalue weighted by atomic mass is 10.2. The molecule has 4 heteroatoms. The van der Waals surface area contributed by atoms with Crippen molar-refractivity contribution in [2.24, 2.45) is 0 Å². The summed E-state index contributed by atoms with van der Waals surface area (Å²) < 4.78 is 5.81. The van der Waals surface area contributed by atoms with E-state index in [9.17, 15) is 0 Å². The first-order valence-corrected chi connectivity index (χ1v) is 5.56. The summed E-state index contributed by atoms with van der Waals surface area (Å²) in [5, 5.41) is 0.898. The largest absolute Gasteiger partial charge is 0.457 e. The lowest BCUT2D eigenvalue weighted by Gasteiger charge is -2.09. The van der Waals surface area contributed by atoms with Crippen LogP contribution in [0.1, 0.15) is 0 Å². The minimum absolute atomic E-state index is 0.646. The molecular weight excluding hydrogens is 226 g/mol. The normalized spacial score (nSPS) is 10.4. The molecule has 0 saturated heterocycles. The van der Waals surface area contributed by atoms with Crippen LogP contribution in [-0.2, 0) is 0 Å². The number of aromatic nitrogens is 2. The monoisotopic (exact) mass is 237 g/mol. The standard InChI is InChI=1S/C14H11N3O/c15-12-3-4-13(11-2-1-7-17-14(11)12)18-10-5-8-16-9-6-10/h1-9H,15H2. The summed E-state index contributed by atoms with van der Waals surface area (Å²) in [5.74, 6) is 1.47. The predicted molar refractivity (Wildman–Crippen MR) is 70.5 cm³/mol. The molecule has 0 spiro atoms. The van der Waals surface area contributed by atoms with Crippen LogP contribution in [0.4, 0.5) is 5.69 Å². The van der Waals surface area contributed by atoms with Crippen LogP contribution in [-0.4, -0.2) is 9.97 Å². The number of pyridine rings is 2. The molecule has 0 unspecified atom stereocenters. The first-order chi connectivity index (χ1) is 8.84. The van der Waals surface area contributed by atoms with Crippen molar-refractivity contribution in [3.05, 3.63) is 55.0 Å². The van der Waals surface area contributed by atoms with Gasteiger partial charge in [0.1, 0.15) is 11.5 Å². The van der Waals surface area contributed by atoms with Gasteiger partial charge in [-0.25, -0.2) is 0 Å². The summed E-state index contributed by atoms with van der Waals surface area (Å²) in [4.78, 5) is 8.22.